The lowest BCUT2D eigenvalue weighted by molar-refractivity contribution is -0.141. The first-order chi connectivity index (χ1) is 9.51. The minimum absolute atomic E-state index is 0.198. The lowest BCUT2D eigenvalue weighted by atomic mass is 9.77. The van der Waals surface area contributed by atoms with Crippen LogP contribution in [0.15, 0.2) is 35.4 Å². The first-order valence-corrected chi connectivity index (χ1v) is 6.05. The molecule has 20 heavy (non-hydrogen) atoms. The molecule has 0 bridgehead atoms. The monoisotopic (exact) mass is 271 g/mol. The van der Waals surface area contributed by atoms with E-state index in [0.717, 1.165) is 0 Å². The smallest absolute Gasteiger partial charge is 0.304 e. The van der Waals surface area contributed by atoms with Crippen LogP contribution in [-0.2, 0) is 9.59 Å². The normalized spacial score (nSPS) is 21.5. The highest BCUT2D eigenvalue weighted by atomic mass is 16.4. The van der Waals surface area contributed by atoms with Crippen LogP contribution in [0.2, 0.25) is 0 Å². The van der Waals surface area contributed by atoms with Crippen LogP contribution in [0, 0.1) is 16.7 Å². The van der Waals surface area contributed by atoms with Crippen LogP contribution >= 0.6 is 0 Å². The minimum Gasteiger partial charge on any atom is -0.481 e. The summed E-state index contributed by atoms with van der Waals surface area (Å²) in [6.07, 6.45) is -0.630. The molecule has 1 atom stereocenters. The molecule has 1 N–H and O–H groups in total. The Labute approximate surface area is 115 Å². The molecule has 1 aliphatic heterocycles. The number of hydrazone groups is 1. The average Bonchev–Trinajstić information content (AvgIpc) is 2.65. The Morgan fingerprint density at radius 2 is 2.10 bits per heavy atom. The Bertz CT molecular complexity index is 618. The second kappa shape index (κ2) is 5.13. The number of carbonyl (C=O) groups is 2. The third-order valence-electron chi connectivity index (χ3n) is 3.38. The fourth-order valence-electron chi connectivity index (χ4n) is 2.26. The molecule has 6 nitrogen and oxygen atoms in total. The van der Waals surface area contributed by atoms with Gasteiger partial charge in [-0.1, -0.05) is 18.2 Å². The van der Waals surface area contributed by atoms with Crippen molar-refractivity contribution in [3.63, 3.8) is 0 Å². The number of carboxylic acid groups (broad SMARTS) is 1. The first kappa shape index (κ1) is 13.7. The standard InChI is InChI=1S/C14H13N3O3/c1-10-14(7-8-15,9-12(18)19)13(20)17(16-10)11-5-3-2-4-6-11/h2-6H,7,9H2,1H3,(H,18,19). The number of hydrogen-bond acceptors (Lipinski definition) is 4. The van der Waals surface area contributed by atoms with Crippen molar-refractivity contribution < 1.29 is 14.7 Å². The molecule has 0 aliphatic carbocycles. The predicted molar refractivity (Wildman–Crippen MR) is 72.0 cm³/mol. The number of amides is 1. The van der Waals surface area contributed by atoms with Crippen molar-refractivity contribution in [2.24, 2.45) is 10.5 Å². The molecule has 1 unspecified atom stereocenters. The van der Waals surface area contributed by atoms with E-state index in [1.165, 1.54) is 5.01 Å². The summed E-state index contributed by atoms with van der Waals surface area (Å²) in [5.41, 5.74) is -0.450. The van der Waals surface area contributed by atoms with Crippen LogP contribution in [0.5, 0.6) is 0 Å². The minimum atomic E-state index is -1.36. The predicted octanol–water partition coefficient (Wildman–Crippen LogP) is 1.78. The third-order valence-corrected chi connectivity index (χ3v) is 3.38. The Morgan fingerprint density at radius 1 is 1.45 bits per heavy atom. The molecule has 6 heteroatoms. The van der Waals surface area contributed by atoms with E-state index < -0.39 is 23.7 Å². The summed E-state index contributed by atoms with van der Waals surface area (Å²) >= 11 is 0. The van der Waals surface area contributed by atoms with E-state index >= 15 is 0 Å². The molecule has 102 valence electrons. The zero-order valence-corrected chi connectivity index (χ0v) is 10.9. The summed E-state index contributed by atoms with van der Waals surface area (Å²) < 4.78 is 0. The number of carbonyl (C=O) groups excluding carboxylic acids is 1. The SMILES string of the molecule is CC1=NN(c2ccccc2)C(=O)C1(CC#N)CC(=O)O. The maximum atomic E-state index is 12.6. The van der Waals surface area contributed by atoms with E-state index in [2.05, 4.69) is 5.10 Å². The van der Waals surface area contributed by atoms with E-state index in [-0.39, 0.29) is 6.42 Å². The van der Waals surface area contributed by atoms with Gasteiger partial charge in [-0.05, 0) is 19.1 Å². The summed E-state index contributed by atoms with van der Waals surface area (Å²) in [6.45, 7) is 1.58. The van der Waals surface area contributed by atoms with Gasteiger partial charge in [0.1, 0.15) is 5.41 Å². The van der Waals surface area contributed by atoms with Gasteiger partial charge >= 0.3 is 5.97 Å². The molecule has 1 heterocycles. The largest absolute Gasteiger partial charge is 0.481 e. The lowest BCUT2D eigenvalue weighted by Gasteiger charge is -2.23. The van der Waals surface area contributed by atoms with Gasteiger partial charge < -0.3 is 5.11 Å². The van der Waals surface area contributed by atoms with E-state index in [1.54, 1.807) is 37.3 Å². The van der Waals surface area contributed by atoms with Gasteiger partial charge in [-0.25, -0.2) is 0 Å². The Balaban J connectivity index is 2.43. The fourth-order valence-corrected chi connectivity index (χ4v) is 2.26. The molecule has 1 aliphatic rings. The van der Waals surface area contributed by atoms with E-state index in [1.807, 2.05) is 6.07 Å². The molecule has 0 saturated heterocycles. The number of para-hydroxylation sites is 1. The zero-order valence-electron chi connectivity index (χ0n) is 10.9. The van der Waals surface area contributed by atoms with Crippen LogP contribution in [-0.4, -0.2) is 22.7 Å². The van der Waals surface area contributed by atoms with Crippen LogP contribution in [0.3, 0.4) is 0 Å². The van der Waals surface area contributed by atoms with Gasteiger partial charge in [-0.2, -0.15) is 15.4 Å². The van der Waals surface area contributed by atoms with Gasteiger partial charge in [0.15, 0.2) is 0 Å². The quantitative estimate of drug-likeness (QED) is 0.903. The molecular formula is C14H13N3O3. The van der Waals surface area contributed by atoms with Crippen molar-refractivity contribution in [2.45, 2.75) is 19.8 Å². The number of nitrogens with zero attached hydrogens (tertiary/aromatic N) is 3. The number of anilines is 1. The summed E-state index contributed by atoms with van der Waals surface area (Å²) in [5.74, 6) is -1.59. The van der Waals surface area contributed by atoms with Gasteiger partial charge in [-0.15, -0.1) is 0 Å². The van der Waals surface area contributed by atoms with Gasteiger partial charge in [-0.3, -0.25) is 9.59 Å². The second-order valence-corrected chi connectivity index (χ2v) is 4.63. The molecule has 0 fully saturated rings. The molecule has 0 radical (unpaired) electrons. The second-order valence-electron chi connectivity index (χ2n) is 4.63. The third kappa shape index (κ3) is 2.14. The average molecular weight is 271 g/mol. The Morgan fingerprint density at radius 3 is 2.65 bits per heavy atom. The molecule has 2 rings (SSSR count). The molecule has 1 aromatic carbocycles. The number of hydrogen-bond donors (Lipinski definition) is 1. The lowest BCUT2D eigenvalue weighted by Crippen LogP contribution is -2.40. The number of aliphatic carboxylic acids is 1. The van der Waals surface area contributed by atoms with Crippen molar-refractivity contribution in [2.75, 3.05) is 5.01 Å². The van der Waals surface area contributed by atoms with Crippen molar-refractivity contribution in [1.29, 1.82) is 5.26 Å². The summed E-state index contributed by atoms with van der Waals surface area (Å²) in [5, 5.41) is 23.3. The van der Waals surface area contributed by atoms with Gasteiger partial charge in [0.2, 0.25) is 0 Å². The van der Waals surface area contributed by atoms with E-state index in [9.17, 15) is 9.59 Å². The van der Waals surface area contributed by atoms with Crippen molar-refractivity contribution >= 4 is 23.3 Å². The highest BCUT2D eigenvalue weighted by Crippen LogP contribution is 2.38. The Kier molecular flexibility index (Phi) is 3.53. The zero-order chi connectivity index (χ0) is 14.8. The topological polar surface area (TPSA) is 93.8 Å². The maximum Gasteiger partial charge on any atom is 0.304 e. The van der Waals surface area contributed by atoms with Crippen LogP contribution in [0.1, 0.15) is 19.8 Å². The van der Waals surface area contributed by atoms with Crippen LogP contribution in [0.25, 0.3) is 0 Å². The van der Waals surface area contributed by atoms with E-state index in [4.69, 9.17) is 10.4 Å². The molecular weight excluding hydrogens is 258 g/mol. The summed E-state index contributed by atoms with van der Waals surface area (Å²) in [4.78, 5) is 23.6. The number of nitriles is 1. The van der Waals surface area contributed by atoms with Crippen molar-refractivity contribution in [1.82, 2.24) is 0 Å². The molecule has 1 amide bonds. The molecule has 0 aromatic heterocycles. The number of rotatable bonds is 4. The molecule has 0 spiro atoms. The van der Waals surface area contributed by atoms with Crippen LogP contribution < -0.4 is 5.01 Å². The van der Waals surface area contributed by atoms with Crippen molar-refractivity contribution in [3.05, 3.63) is 30.3 Å². The molecule has 1 aromatic rings. The number of benzene rings is 1. The maximum absolute atomic E-state index is 12.6. The fraction of sp³-hybridized carbons (Fsp3) is 0.286. The Hall–Kier alpha value is -2.68. The first-order valence-electron chi connectivity index (χ1n) is 6.05. The van der Waals surface area contributed by atoms with Gasteiger partial charge in [0.25, 0.3) is 5.91 Å². The summed E-state index contributed by atoms with van der Waals surface area (Å²) in [7, 11) is 0. The number of carboxylic acids is 1. The highest BCUT2D eigenvalue weighted by molar-refractivity contribution is 6.19. The molecule has 0 saturated carbocycles. The highest BCUT2D eigenvalue weighted by Gasteiger charge is 2.51. The van der Waals surface area contributed by atoms with E-state index in [0.29, 0.717) is 11.4 Å². The van der Waals surface area contributed by atoms with Gasteiger partial charge in [0, 0.05) is 0 Å². The van der Waals surface area contributed by atoms with Crippen molar-refractivity contribution in [3.8, 4) is 6.07 Å². The summed E-state index contributed by atoms with van der Waals surface area (Å²) in [6, 6.07) is 10.6. The van der Waals surface area contributed by atoms with Crippen LogP contribution in [0.4, 0.5) is 5.69 Å². The van der Waals surface area contributed by atoms with Gasteiger partial charge in [0.05, 0.1) is 30.3 Å².